The molecule has 0 saturated carbocycles. The van der Waals surface area contributed by atoms with E-state index in [-0.39, 0.29) is 25.7 Å². The van der Waals surface area contributed by atoms with Gasteiger partial charge < -0.3 is 42.6 Å². The summed E-state index contributed by atoms with van der Waals surface area (Å²) in [5, 5.41) is 26.8. The van der Waals surface area contributed by atoms with Crippen LogP contribution in [-0.4, -0.2) is 74.9 Å². The Kier molecular flexibility index (Phi) is 11.3. The van der Waals surface area contributed by atoms with Gasteiger partial charge in [0.15, 0.2) is 0 Å². The molecule has 0 spiro atoms. The van der Waals surface area contributed by atoms with Gasteiger partial charge in [-0.25, -0.2) is 4.79 Å². The van der Waals surface area contributed by atoms with Crippen molar-refractivity contribution in [3.63, 3.8) is 0 Å². The Hall–Kier alpha value is -5.24. The van der Waals surface area contributed by atoms with Gasteiger partial charge in [0.1, 0.15) is 18.1 Å². The molecule has 1 heterocycles. The second-order valence-electron chi connectivity index (χ2n) is 9.98. The lowest BCUT2D eigenvalue weighted by Crippen LogP contribution is -2.58. The number of aliphatic carboxylic acids is 2. The SMILES string of the molecule is NC(=O)CCC(NC(=O)C(N)Cc1c[nH]c2ccccc12)C(=O)NC(CC(=O)O)C(=O)NC(Cc1ccccc1)C(=O)O. The van der Waals surface area contributed by atoms with E-state index in [1.807, 2.05) is 24.3 Å². The molecule has 0 aliphatic heterocycles. The molecule has 4 atom stereocenters. The van der Waals surface area contributed by atoms with Crippen molar-refractivity contribution in [3.8, 4) is 0 Å². The second kappa shape index (κ2) is 15.1. The van der Waals surface area contributed by atoms with Crippen molar-refractivity contribution < 1.29 is 39.0 Å². The molecule has 228 valence electrons. The van der Waals surface area contributed by atoms with Gasteiger partial charge >= 0.3 is 11.9 Å². The van der Waals surface area contributed by atoms with E-state index in [1.165, 1.54) is 0 Å². The van der Waals surface area contributed by atoms with Gasteiger partial charge in [-0.2, -0.15) is 0 Å². The summed E-state index contributed by atoms with van der Waals surface area (Å²) < 4.78 is 0. The number of carboxylic acids is 2. The number of para-hydroxylation sites is 1. The average Bonchev–Trinajstić information content (AvgIpc) is 3.37. The highest BCUT2D eigenvalue weighted by Gasteiger charge is 2.32. The van der Waals surface area contributed by atoms with Crippen LogP contribution < -0.4 is 27.4 Å². The molecule has 3 rings (SSSR count). The smallest absolute Gasteiger partial charge is 0.326 e. The van der Waals surface area contributed by atoms with Gasteiger partial charge in [0.2, 0.25) is 23.6 Å². The molecule has 0 bridgehead atoms. The molecule has 3 aromatic rings. The normalized spacial score (nSPS) is 13.7. The zero-order valence-corrected chi connectivity index (χ0v) is 23.1. The maximum absolute atomic E-state index is 13.2. The fourth-order valence-electron chi connectivity index (χ4n) is 4.44. The number of amides is 4. The molecule has 10 N–H and O–H groups in total. The average molecular weight is 595 g/mol. The van der Waals surface area contributed by atoms with Crippen molar-refractivity contribution in [2.24, 2.45) is 11.5 Å². The number of aromatic nitrogens is 1. The number of fused-ring (bicyclic) bond motifs is 1. The minimum Gasteiger partial charge on any atom is -0.481 e. The first kappa shape index (κ1) is 32.3. The van der Waals surface area contributed by atoms with Crippen LogP contribution in [0, 0.1) is 0 Å². The third kappa shape index (κ3) is 9.67. The first-order valence-corrected chi connectivity index (χ1v) is 13.4. The Labute approximate surface area is 246 Å². The maximum atomic E-state index is 13.2. The Morgan fingerprint density at radius 1 is 0.767 bits per heavy atom. The number of primary amides is 1. The monoisotopic (exact) mass is 594 g/mol. The minimum atomic E-state index is -1.70. The third-order valence-corrected chi connectivity index (χ3v) is 6.67. The summed E-state index contributed by atoms with van der Waals surface area (Å²) in [5.74, 6) is -6.36. The van der Waals surface area contributed by atoms with Crippen molar-refractivity contribution in [2.45, 2.75) is 56.3 Å². The van der Waals surface area contributed by atoms with Crippen LogP contribution in [0.2, 0.25) is 0 Å². The van der Waals surface area contributed by atoms with Crippen molar-refractivity contribution in [3.05, 3.63) is 71.9 Å². The third-order valence-electron chi connectivity index (χ3n) is 6.67. The van der Waals surface area contributed by atoms with Crippen LogP contribution in [-0.2, 0) is 41.6 Å². The second-order valence-corrected chi connectivity index (χ2v) is 9.98. The van der Waals surface area contributed by atoms with E-state index in [0.29, 0.717) is 5.56 Å². The molecule has 0 fully saturated rings. The number of H-pyrrole nitrogens is 1. The van der Waals surface area contributed by atoms with Crippen molar-refractivity contribution in [1.29, 1.82) is 0 Å². The number of aromatic amines is 1. The zero-order valence-electron chi connectivity index (χ0n) is 23.1. The molecule has 0 radical (unpaired) electrons. The van der Waals surface area contributed by atoms with Crippen molar-refractivity contribution in [2.75, 3.05) is 0 Å². The predicted molar refractivity (Wildman–Crippen MR) is 154 cm³/mol. The molecule has 43 heavy (non-hydrogen) atoms. The largest absolute Gasteiger partial charge is 0.481 e. The van der Waals surface area contributed by atoms with Gasteiger partial charge in [-0.05, 0) is 30.0 Å². The quantitative estimate of drug-likeness (QED) is 0.107. The van der Waals surface area contributed by atoms with Crippen LogP contribution in [0.5, 0.6) is 0 Å². The molecule has 4 amide bonds. The van der Waals surface area contributed by atoms with Crippen LogP contribution in [0.25, 0.3) is 10.9 Å². The van der Waals surface area contributed by atoms with E-state index < -0.39 is 66.2 Å². The predicted octanol–water partition coefficient (Wildman–Crippen LogP) is -0.440. The Morgan fingerprint density at radius 2 is 1.37 bits per heavy atom. The highest BCUT2D eigenvalue weighted by molar-refractivity contribution is 5.96. The summed E-state index contributed by atoms with van der Waals surface area (Å²) in [7, 11) is 0. The molecule has 4 unspecified atom stereocenters. The summed E-state index contributed by atoms with van der Waals surface area (Å²) in [5.41, 5.74) is 13.6. The zero-order chi connectivity index (χ0) is 31.5. The van der Waals surface area contributed by atoms with Crippen LogP contribution >= 0.6 is 0 Å². The molecule has 14 nitrogen and oxygen atoms in total. The van der Waals surface area contributed by atoms with Gasteiger partial charge in [-0.15, -0.1) is 0 Å². The summed E-state index contributed by atoms with van der Waals surface area (Å²) in [6, 6.07) is 10.2. The molecule has 2 aromatic carbocycles. The number of nitrogens with two attached hydrogens (primary N) is 2. The van der Waals surface area contributed by atoms with Gasteiger partial charge in [0, 0.05) is 29.9 Å². The lowest BCUT2D eigenvalue weighted by atomic mass is 10.0. The molecular formula is C29H34N6O8. The molecule has 1 aromatic heterocycles. The number of carboxylic acid groups (broad SMARTS) is 2. The number of hydrogen-bond acceptors (Lipinski definition) is 7. The fourth-order valence-corrected chi connectivity index (χ4v) is 4.44. The molecular weight excluding hydrogens is 560 g/mol. The number of carbonyl (C=O) groups is 6. The van der Waals surface area contributed by atoms with E-state index in [0.717, 1.165) is 16.5 Å². The number of carbonyl (C=O) groups excluding carboxylic acids is 4. The lowest BCUT2D eigenvalue weighted by molar-refractivity contribution is -0.143. The van der Waals surface area contributed by atoms with E-state index in [2.05, 4.69) is 20.9 Å². The number of benzene rings is 2. The van der Waals surface area contributed by atoms with E-state index in [1.54, 1.807) is 36.5 Å². The van der Waals surface area contributed by atoms with E-state index in [4.69, 9.17) is 11.5 Å². The summed E-state index contributed by atoms with van der Waals surface area (Å²) in [4.78, 5) is 77.0. The van der Waals surface area contributed by atoms with Crippen molar-refractivity contribution in [1.82, 2.24) is 20.9 Å². The molecule has 0 aliphatic carbocycles. The molecule has 14 heteroatoms. The van der Waals surface area contributed by atoms with Gasteiger partial charge in [-0.3, -0.25) is 24.0 Å². The highest BCUT2D eigenvalue weighted by Crippen LogP contribution is 2.19. The minimum absolute atomic E-state index is 0.0960. The maximum Gasteiger partial charge on any atom is 0.326 e. The number of nitrogens with one attached hydrogen (secondary N) is 4. The van der Waals surface area contributed by atoms with E-state index in [9.17, 15) is 39.0 Å². The van der Waals surface area contributed by atoms with Crippen LogP contribution in [0.15, 0.2) is 60.8 Å². The fraction of sp³-hybridized carbons (Fsp3) is 0.310. The highest BCUT2D eigenvalue weighted by atomic mass is 16.4. The van der Waals surface area contributed by atoms with Crippen LogP contribution in [0.4, 0.5) is 0 Å². The summed E-state index contributed by atoms with van der Waals surface area (Å²) in [6.07, 6.45) is 0.269. The topological polar surface area (TPSA) is 247 Å². The first-order chi connectivity index (χ1) is 20.4. The summed E-state index contributed by atoms with van der Waals surface area (Å²) in [6.45, 7) is 0. The van der Waals surface area contributed by atoms with Gasteiger partial charge in [-0.1, -0.05) is 48.5 Å². The van der Waals surface area contributed by atoms with Crippen LogP contribution in [0.1, 0.15) is 30.4 Å². The van der Waals surface area contributed by atoms with Crippen molar-refractivity contribution >= 4 is 46.5 Å². The summed E-state index contributed by atoms with van der Waals surface area (Å²) >= 11 is 0. The lowest BCUT2D eigenvalue weighted by Gasteiger charge is -2.24. The Bertz CT molecular complexity index is 1470. The van der Waals surface area contributed by atoms with Gasteiger partial charge in [0.05, 0.1) is 12.5 Å². The van der Waals surface area contributed by atoms with E-state index >= 15 is 0 Å². The standard InChI is InChI=1S/C29H34N6O8/c30-19(13-17-15-32-20-9-5-4-8-18(17)20)26(39)33-21(10-11-24(31)36)27(40)34-22(14-25(37)38)28(41)35-23(29(42)43)12-16-6-2-1-3-7-16/h1-9,15,19,21-23,32H,10-14,30H2,(H2,31,36)(H,33,39)(H,34,40)(H,35,41)(H,37,38)(H,42,43). The Balaban J connectivity index is 1.71. The molecule has 0 saturated heterocycles. The molecule has 0 aliphatic rings. The Morgan fingerprint density at radius 3 is 2.02 bits per heavy atom. The first-order valence-electron chi connectivity index (χ1n) is 13.4. The van der Waals surface area contributed by atoms with Gasteiger partial charge in [0.25, 0.3) is 0 Å². The number of rotatable bonds is 16. The van der Waals surface area contributed by atoms with Crippen LogP contribution in [0.3, 0.4) is 0 Å². The number of hydrogen-bond donors (Lipinski definition) is 8.